The summed E-state index contributed by atoms with van der Waals surface area (Å²) in [6.07, 6.45) is 6.82. The second-order valence-electron chi connectivity index (χ2n) is 7.51. The fourth-order valence-electron chi connectivity index (χ4n) is 3.94. The molecule has 20 heavy (non-hydrogen) atoms. The maximum atomic E-state index is 12.9. The Morgan fingerprint density at radius 3 is 2.30 bits per heavy atom. The second kappa shape index (κ2) is 4.74. The Labute approximate surface area is 121 Å². The molecule has 3 aliphatic rings. The van der Waals surface area contributed by atoms with Crippen LogP contribution >= 0.6 is 0 Å². The van der Waals surface area contributed by atoms with Gasteiger partial charge in [0.05, 0.1) is 0 Å². The summed E-state index contributed by atoms with van der Waals surface area (Å²) in [6.45, 7) is 6.22. The molecule has 1 N–H and O–H groups in total. The summed E-state index contributed by atoms with van der Waals surface area (Å²) in [6, 6.07) is -0.327. The van der Waals surface area contributed by atoms with Crippen molar-refractivity contribution in [1.82, 2.24) is 10.2 Å². The number of carbonyl (C=O) groups excluding carboxylic acids is 2. The van der Waals surface area contributed by atoms with Gasteiger partial charge in [0.2, 0.25) is 11.8 Å². The molecule has 112 valence electrons. The van der Waals surface area contributed by atoms with E-state index in [9.17, 15) is 9.59 Å². The quantitative estimate of drug-likeness (QED) is 0.840. The van der Waals surface area contributed by atoms with Crippen molar-refractivity contribution in [3.05, 3.63) is 0 Å². The topological polar surface area (TPSA) is 49.4 Å². The van der Waals surface area contributed by atoms with E-state index in [1.54, 1.807) is 0 Å². The van der Waals surface area contributed by atoms with Gasteiger partial charge in [-0.3, -0.25) is 9.59 Å². The van der Waals surface area contributed by atoms with Crippen LogP contribution in [0.4, 0.5) is 0 Å². The molecule has 1 aliphatic heterocycles. The van der Waals surface area contributed by atoms with Crippen LogP contribution in [0.1, 0.15) is 59.3 Å². The van der Waals surface area contributed by atoms with Crippen LogP contribution in [0.15, 0.2) is 0 Å². The lowest BCUT2D eigenvalue weighted by atomic mass is 9.82. The standard InChI is InChI=1S/C16H26N2O2/c1-10-14(19)17-13(11-7-5-4-6-8-11)15(20)18(10)12-9-16(12,2)3/h10-13H,4-9H2,1-3H3,(H,17,19). The van der Waals surface area contributed by atoms with Crippen molar-refractivity contribution in [2.45, 2.75) is 77.4 Å². The molecule has 4 nitrogen and oxygen atoms in total. The first-order chi connectivity index (χ1) is 9.42. The van der Waals surface area contributed by atoms with Crippen LogP contribution in [0.25, 0.3) is 0 Å². The molecule has 1 heterocycles. The van der Waals surface area contributed by atoms with Crippen molar-refractivity contribution in [2.75, 3.05) is 0 Å². The molecule has 0 aromatic heterocycles. The molecule has 0 bridgehead atoms. The van der Waals surface area contributed by atoms with E-state index in [-0.39, 0.29) is 35.4 Å². The van der Waals surface area contributed by atoms with Gasteiger partial charge in [0.1, 0.15) is 12.1 Å². The van der Waals surface area contributed by atoms with Gasteiger partial charge in [0.25, 0.3) is 0 Å². The van der Waals surface area contributed by atoms with Gasteiger partial charge in [-0.15, -0.1) is 0 Å². The van der Waals surface area contributed by atoms with Crippen LogP contribution in [-0.4, -0.2) is 34.8 Å². The summed E-state index contributed by atoms with van der Waals surface area (Å²) in [5.41, 5.74) is 0.179. The Morgan fingerprint density at radius 1 is 1.15 bits per heavy atom. The summed E-state index contributed by atoms with van der Waals surface area (Å²) in [5, 5.41) is 3.00. The van der Waals surface area contributed by atoms with Gasteiger partial charge in [0, 0.05) is 6.04 Å². The van der Waals surface area contributed by atoms with Crippen LogP contribution in [-0.2, 0) is 9.59 Å². The highest BCUT2D eigenvalue weighted by atomic mass is 16.2. The minimum Gasteiger partial charge on any atom is -0.342 e. The van der Waals surface area contributed by atoms with Gasteiger partial charge in [-0.25, -0.2) is 0 Å². The first-order valence-electron chi connectivity index (χ1n) is 8.04. The molecule has 3 rings (SSSR count). The van der Waals surface area contributed by atoms with Crippen molar-refractivity contribution >= 4 is 11.8 Å². The predicted molar refractivity (Wildman–Crippen MR) is 77.0 cm³/mol. The number of nitrogens with zero attached hydrogens (tertiary/aromatic N) is 1. The van der Waals surface area contributed by atoms with Crippen LogP contribution in [0.5, 0.6) is 0 Å². The monoisotopic (exact) mass is 278 g/mol. The smallest absolute Gasteiger partial charge is 0.246 e. The zero-order chi connectivity index (χ0) is 14.5. The highest BCUT2D eigenvalue weighted by molar-refractivity contribution is 5.97. The number of nitrogens with one attached hydrogen (secondary N) is 1. The summed E-state index contributed by atoms with van der Waals surface area (Å²) in [5.74, 6) is 0.541. The molecule has 3 atom stereocenters. The lowest BCUT2D eigenvalue weighted by Crippen LogP contribution is -2.65. The molecule has 2 amide bonds. The minimum absolute atomic E-state index is 0.0304. The van der Waals surface area contributed by atoms with E-state index in [1.165, 1.54) is 19.3 Å². The number of carbonyl (C=O) groups is 2. The van der Waals surface area contributed by atoms with Crippen LogP contribution in [0.3, 0.4) is 0 Å². The lowest BCUT2D eigenvalue weighted by molar-refractivity contribution is -0.151. The highest BCUT2D eigenvalue weighted by Crippen LogP contribution is 2.50. The van der Waals surface area contributed by atoms with Gasteiger partial charge in [0.15, 0.2) is 0 Å². The van der Waals surface area contributed by atoms with Gasteiger partial charge in [-0.1, -0.05) is 33.1 Å². The Bertz CT molecular complexity index is 426. The Kier molecular flexibility index (Phi) is 3.30. The van der Waals surface area contributed by atoms with E-state index >= 15 is 0 Å². The molecule has 2 saturated carbocycles. The van der Waals surface area contributed by atoms with E-state index in [0.717, 1.165) is 19.3 Å². The molecular weight excluding hydrogens is 252 g/mol. The van der Waals surface area contributed by atoms with E-state index < -0.39 is 0 Å². The Balaban J connectivity index is 1.79. The van der Waals surface area contributed by atoms with Crippen molar-refractivity contribution in [2.24, 2.45) is 11.3 Å². The van der Waals surface area contributed by atoms with Crippen LogP contribution in [0, 0.1) is 11.3 Å². The maximum Gasteiger partial charge on any atom is 0.246 e. The van der Waals surface area contributed by atoms with Crippen molar-refractivity contribution in [1.29, 1.82) is 0 Å². The first kappa shape index (κ1) is 13.9. The van der Waals surface area contributed by atoms with Gasteiger partial charge >= 0.3 is 0 Å². The van der Waals surface area contributed by atoms with E-state index in [1.807, 2.05) is 11.8 Å². The number of rotatable bonds is 2. The third-order valence-corrected chi connectivity index (χ3v) is 5.53. The van der Waals surface area contributed by atoms with Crippen molar-refractivity contribution in [3.8, 4) is 0 Å². The Hall–Kier alpha value is -1.06. The van der Waals surface area contributed by atoms with Crippen LogP contribution in [0.2, 0.25) is 0 Å². The molecule has 3 unspecified atom stereocenters. The van der Waals surface area contributed by atoms with Crippen molar-refractivity contribution < 1.29 is 9.59 Å². The molecule has 0 spiro atoms. The summed E-state index contributed by atoms with van der Waals surface area (Å²) < 4.78 is 0. The fourth-order valence-corrected chi connectivity index (χ4v) is 3.94. The molecule has 4 heteroatoms. The summed E-state index contributed by atoms with van der Waals surface area (Å²) >= 11 is 0. The highest BCUT2D eigenvalue weighted by Gasteiger charge is 2.56. The summed E-state index contributed by atoms with van der Waals surface area (Å²) in [4.78, 5) is 27.0. The van der Waals surface area contributed by atoms with E-state index in [4.69, 9.17) is 0 Å². The van der Waals surface area contributed by atoms with Gasteiger partial charge < -0.3 is 10.2 Å². The lowest BCUT2D eigenvalue weighted by Gasteiger charge is -2.42. The largest absolute Gasteiger partial charge is 0.342 e. The maximum absolute atomic E-state index is 12.9. The SMILES string of the molecule is CC1C(=O)NC(C2CCCCC2)C(=O)N1C1CC1(C)C. The van der Waals surface area contributed by atoms with E-state index in [2.05, 4.69) is 19.2 Å². The third kappa shape index (κ3) is 2.23. The zero-order valence-corrected chi connectivity index (χ0v) is 12.8. The molecular formula is C16H26N2O2. The van der Waals surface area contributed by atoms with Gasteiger partial charge in [-0.05, 0) is 37.5 Å². The average molecular weight is 278 g/mol. The first-order valence-corrected chi connectivity index (χ1v) is 8.04. The van der Waals surface area contributed by atoms with Gasteiger partial charge in [-0.2, -0.15) is 0 Å². The minimum atomic E-state index is -0.311. The van der Waals surface area contributed by atoms with Crippen LogP contribution < -0.4 is 5.32 Å². The van der Waals surface area contributed by atoms with Crippen molar-refractivity contribution in [3.63, 3.8) is 0 Å². The number of amides is 2. The average Bonchev–Trinajstić information content (AvgIpc) is 3.04. The predicted octanol–water partition coefficient (Wildman–Crippen LogP) is 2.08. The molecule has 3 fully saturated rings. The molecule has 0 aromatic rings. The molecule has 0 radical (unpaired) electrons. The number of hydrogen-bond acceptors (Lipinski definition) is 2. The number of hydrogen-bond donors (Lipinski definition) is 1. The zero-order valence-electron chi connectivity index (χ0n) is 12.8. The molecule has 0 aromatic carbocycles. The third-order valence-electron chi connectivity index (χ3n) is 5.53. The van der Waals surface area contributed by atoms with E-state index in [0.29, 0.717) is 5.92 Å². The molecule has 1 saturated heterocycles. The number of piperazine rings is 1. The second-order valence-corrected chi connectivity index (χ2v) is 7.51. The summed E-state index contributed by atoms with van der Waals surface area (Å²) in [7, 11) is 0. The normalized spacial score (nSPS) is 37.8. The Morgan fingerprint density at radius 2 is 1.75 bits per heavy atom. The fraction of sp³-hybridized carbons (Fsp3) is 0.875. The molecule has 2 aliphatic carbocycles.